The molecule has 2 fully saturated rings. The number of hydrogen-bond donors (Lipinski definition) is 0. The van der Waals surface area contributed by atoms with Crippen LogP contribution in [0.2, 0.25) is 0 Å². The van der Waals surface area contributed by atoms with Gasteiger partial charge in [-0.3, -0.25) is 24.4 Å². The molecule has 8 heteroatoms. The van der Waals surface area contributed by atoms with E-state index < -0.39 is 0 Å². The van der Waals surface area contributed by atoms with Crippen LogP contribution < -0.4 is 0 Å². The minimum absolute atomic E-state index is 0.149. The second kappa shape index (κ2) is 11.0. The summed E-state index contributed by atoms with van der Waals surface area (Å²) < 4.78 is 4.82. The van der Waals surface area contributed by atoms with Crippen LogP contribution in [0.25, 0.3) is 0 Å². The fourth-order valence-corrected chi connectivity index (χ4v) is 3.19. The van der Waals surface area contributed by atoms with E-state index in [1.807, 2.05) is 0 Å². The maximum atomic E-state index is 11.6. The molecule has 0 aromatic rings. The molecule has 2 heterocycles. The average molecular weight is 344 g/mol. The summed E-state index contributed by atoms with van der Waals surface area (Å²) in [5, 5.41) is 0. The summed E-state index contributed by atoms with van der Waals surface area (Å²) in [5.41, 5.74) is 0. The van der Waals surface area contributed by atoms with Crippen molar-refractivity contribution in [1.82, 2.24) is 19.6 Å². The topological polar surface area (TPSA) is 57.7 Å². The third-order valence-electron chi connectivity index (χ3n) is 4.85. The molecule has 0 aromatic heterocycles. The number of rotatable bonds is 6. The van der Waals surface area contributed by atoms with Crippen molar-refractivity contribution in [2.24, 2.45) is 0 Å². The molecule has 2 aliphatic rings. The first-order valence-corrected chi connectivity index (χ1v) is 8.83. The fourth-order valence-electron chi connectivity index (χ4n) is 3.19. The van der Waals surface area contributed by atoms with Gasteiger partial charge in [0.05, 0.1) is 27.4 Å². The van der Waals surface area contributed by atoms with Gasteiger partial charge in [-0.05, 0) is 0 Å². The predicted octanol–water partition coefficient (Wildman–Crippen LogP) is -1.03. The summed E-state index contributed by atoms with van der Waals surface area (Å²) in [4.78, 5) is 30.9. The quantitative estimate of drug-likeness (QED) is 0.262. The van der Waals surface area contributed by atoms with Gasteiger partial charge in [-0.25, -0.2) is 9.78 Å². The maximum absolute atomic E-state index is 11.6. The van der Waals surface area contributed by atoms with E-state index in [2.05, 4.69) is 24.5 Å². The molecular formula is C16H32N4O4. The maximum Gasteiger partial charge on any atom is 0.319 e. The lowest BCUT2D eigenvalue weighted by Crippen LogP contribution is -2.44. The Kier molecular flexibility index (Phi) is 8.93. The van der Waals surface area contributed by atoms with Gasteiger partial charge >= 0.3 is 5.97 Å². The minimum atomic E-state index is -0.149. The number of esters is 1. The third-order valence-corrected chi connectivity index (χ3v) is 4.85. The molecule has 2 atom stereocenters. The Bertz CT molecular complexity index is 352. The smallest absolute Gasteiger partial charge is 0.319 e. The van der Waals surface area contributed by atoms with E-state index >= 15 is 0 Å². The molecule has 0 saturated carbocycles. The van der Waals surface area contributed by atoms with Crippen LogP contribution in [0.1, 0.15) is 0 Å². The summed E-state index contributed by atoms with van der Waals surface area (Å²) in [6.45, 7) is 12.1. The van der Waals surface area contributed by atoms with Gasteiger partial charge in [-0.15, -0.1) is 0 Å². The predicted molar refractivity (Wildman–Crippen MR) is 90.7 cm³/mol. The van der Waals surface area contributed by atoms with Crippen molar-refractivity contribution >= 4 is 5.97 Å². The molecule has 2 bridgehead atoms. The van der Waals surface area contributed by atoms with E-state index in [9.17, 15) is 4.79 Å². The Morgan fingerprint density at radius 1 is 0.792 bits per heavy atom. The Morgan fingerprint density at radius 2 is 1.29 bits per heavy atom. The van der Waals surface area contributed by atoms with E-state index in [-0.39, 0.29) is 5.97 Å². The minimum Gasteiger partial charge on any atom is -0.468 e. The van der Waals surface area contributed by atoms with Gasteiger partial charge in [-0.1, -0.05) is 0 Å². The van der Waals surface area contributed by atoms with Crippen molar-refractivity contribution in [2.75, 3.05) is 99.4 Å². The van der Waals surface area contributed by atoms with E-state index in [0.717, 1.165) is 72.0 Å². The van der Waals surface area contributed by atoms with E-state index in [1.165, 1.54) is 7.11 Å². The van der Waals surface area contributed by atoms with Crippen LogP contribution in [0.4, 0.5) is 0 Å². The number of carbonyl (C=O) groups excluding carboxylic acids is 1. The van der Waals surface area contributed by atoms with E-state index in [0.29, 0.717) is 13.2 Å². The number of carbonyl (C=O) groups is 1. The van der Waals surface area contributed by atoms with Crippen LogP contribution in [0.5, 0.6) is 0 Å². The number of ether oxygens (including phenoxy) is 1. The number of hydrogen-bond acceptors (Lipinski definition) is 8. The number of nitrogens with zero attached hydrogens (tertiary/aromatic N) is 4. The van der Waals surface area contributed by atoms with Crippen molar-refractivity contribution < 1.29 is 19.3 Å². The molecule has 0 aromatic carbocycles. The molecule has 0 amide bonds. The van der Waals surface area contributed by atoms with Gasteiger partial charge in [0.15, 0.2) is 0 Å². The molecule has 140 valence electrons. The van der Waals surface area contributed by atoms with Crippen LogP contribution in [-0.2, 0) is 19.3 Å². The number of methoxy groups -OCH3 is 1. The SMILES string of the molecule is COOCCN1CCN2CCN(CC1)CCN(CC(=O)OC)CC2. The van der Waals surface area contributed by atoms with Crippen molar-refractivity contribution in [3.05, 3.63) is 0 Å². The second-order valence-corrected chi connectivity index (χ2v) is 6.37. The first-order valence-electron chi connectivity index (χ1n) is 8.83. The average Bonchev–Trinajstić information content (AvgIpc) is 2.74. The second-order valence-electron chi connectivity index (χ2n) is 6.37. The molecule has 2 aliphatic heterocycles. The lowest BCUT2D eigenvalue weighted by Gasteiger charge is -2.29. The largest absolute Gasteiger partial charge is 0.468 e. The van der Waals surface area contributed by atoms with Crippen LogP contribution in [0, 0.1) is 0 Å². The van der Waals surface area contributed by atoms with Gasteiger partial charge in [0.1, 0.15) is 0 Å². The van der Waals surface area contributed by atoms with Crippen molar-refractivity contribution in [2.45, 2.75) is 0 Å². The van der Waals surface area contributed by atoms with E-state index in [1.54, 1.807) is 7.11 Å². The molecule has 24 heavy (non-hydrogen) atoms. The van der Waals surface area contributed by atoms with Gasteiger partial charge in [0, 0.05) is 72.0 Å². The van der Waals surface area contributed by atoms with Crippen LogP contribution >= 0.6 is 0 Å². The monoisotopic (exact) mass is 344 g/mol. The molecule has 8 nitrogen and oxygen atoms in total. The highest BCUT2D eigenvalue weighted by Crippen LogP contribution is 2.05. The normalized spacial score (nSPS) is 27.4. The van der Waals surface area contributed by atoms with Crippen LogP contribution in [-0.4, -0.2) is 125 Å². The van der Waals surface area contributed by atoms with Gasteiger partial charge in [0.2, 0.25) is 0 Å². The highest BCUT2D eigenvalue weighted by molar-refractivity contribution is 5.71. The zero-order valence-electron chi connectivity index (χ0n) is 15.1. The zero-order chi connectivity index (χ0) is 17.2. The van der Waals surface area contributed by atoms with Crippen LogP contribution in [0.15, 0.2) is 0 Å². The highest BCUT2D eigenvalue weighted by Gasteiger charge is 2.21. The zero-order valence-corrected chi connectivity index (χ0v) is 15.1. The molecule has 0 spiro atoms. The Balaban J connectivity index is 1.89. The molecule has 0 aliphatic carbocycles. The molecule has 0 N–H and O–H groups in total. The molecule has 0 radical (unpaired) electrons. The molecular weight excluding hydrogens is 312 g/mol. The Labute approximate surface area is 145 Å². The lowest BCUT2D eigenvalue weighted by molar-refractivity contribution is -0.273. The fraction of sp³-hybridized carbons (Fsp3) is 0.938. The lowest BCUT2D eigenvalue weighted by atomic mass is 10.3. The highest BCUT2D eigenvalue weighted by atomic mass is 17.2. The summed E-state index contributed by atoms with van der Waals surface area (Å²) in [6.07, 6.45) is 0. The Hall–Kier alpha value is -0.770. The van der Waals surface area contributed by atoms with Crippen molar-refractivity contribution in [3.8, 4) is 0 Å². The summed E-state index contributed by atoms with van der Waals surface area (Å²) in [7, 11) is 3.01. The van der Waals surface area contributed by atoms with Crippen molar-refractivity contribution in [1.29, 1.82) is 0 Å². The summed E-state index contributed by atoms with van der Waals surface area (Å²) in [5.74, 6) is -0.149. The van der Waals surface area contributed by atoms with Crippen molar-refractivity contribution in [3.63, 3.8) is 0 Å². The van der Waals surface area contributed by atoms with Gasteiger partial charge in [0.25, 0.3) is 0 Å². The van der Waals surface area contributed by atoms with E-state index in [4.69, 9.17) is 9.62 Å². The first kappa shape index (κ1) is 19.6. The summed E-state index contributed by atoms with van der Waals surface area (Å²) >= 11 is 0. The molecule has 2 saturated heterocycles. The third kappa shape index (κ3) is 7.00. The molecule has 2 rings (SSSR count). The Morgan fingerprint density at radius 3 is 1.79 bits per heavy atom. The molecule has 2 unspecified atom stereocenters. The first-order chi connectivity index (χ1) is 11.7. The van der Waals surface area contributed by atoms with Crippen LogP contribution in [0.3, 0.4) is 0 Å². The number of fused-ring (bicyclic) bond motifs is 3. The van der Waals surface area contributed by atoms with Gasteiger partial charge in [-0.2, -0.15) is 0 Å². The summed E-state index contributed by atoms with van der Waals surface area (Å²) in [6, 6.07) is 0. The van der Waals surface area contributed by atoms with Gasteiger partial charge < -0.3 is 4.74 Å². The standard InChI is InChI=1S/C16H32N4O4/c1-22-16(21)15-20-11-9-17-3-4-18(10-12-20)6-8-19(7-5-17)13-14-24-23-2/h3-15H2,1-2H3.